The molecule has 51 heavy (non-hydrogen) atoms. The Labute approximate surface area is 302 Å². The lowest BCUT2D eigenvalue weighted by Crippen LogP contribution is -2.10. The van der Waals surface area contributed by atoms with Gasteiger partial charge in [0.25, 0.3) is 0 Å². The zero-order valence-electron chi connectivity index (χ0n) is 30.2. The number of fused-ring (bicyclic) bond motifs is 7. The summed E-state index contributed by atoms with van der Waals surface area (Å²) >= 11 is 0. The van der Waals surface area contributed by atoms with Crippen molar-refractivity contribution in [2.45, 2.75) is 58.8 Å². The van der Waals surface area contributed by atoms with Crippen LogP contribution in [0.25, 0.3) is 76.8 Å². The molecule has 8 aromatic rings. The topological polar surface area (TPSA) is 0 Å². The van der Waals surface area contributed by atoms with Crippen LogP contribution in [0.5, 0.6) is 0 Å². The first-order chi connectivity index (χ1) is 24.8. The zero-order valence-corrected chi connectivity index (χ0v) is 30.2. The van der Waals surface area contributed by atoms with Crippen LogP contribution < -0.4 is 0 Å². The molecule has 0 N–H and O–H groups in total. The minimum atomic E-state index is 0.100. The standard InChI is InChI=1S/C51H44/c1-33-27-38(35-15-12-16-37(29-35)42-26-25-41(34-13-6-5-7-14-34)43-17-8-9-18-44(42)43)30-39(28-33)36-21-23-47-48-24-22-40(51(2,3)4)32-50(48)46-20-11-10-19-45(46)49(47)31-36/h5-7,10-16,19-32H,8-9,17-18H2,1-4H3. The molecule has 0 spiro atoms. The van der Waals surface area contributed by atoms with Gasteiger partial charge in [-0.05, 0) is 161 Å². The van der Waals surface area contributed by atoms with E-state index in [1.807, 2.05) is 0 Å². The van der Waals surface area contributed by atoms with Gasteiger partial charge in [-0.3, -0.25) is 0 Å². The summed E-state index contributed by atoms with van der Waals surface area (Å²) in [6, 6.07) is 55.1. The van der Waals surface area contributed by atoms with E-state index in [2.05, 4.69) is 173 Å². The number of aryl methyl sites for hydroxylation is 1. The second-order valence-electron chi connectivity index (χ2n) is 15.7. The third-order valence-electron chi connectivity index (χ3n) is 11.2. The van der Waals surface area contributed by atoms with Gasteiger partial charge in [-0.1, -0.05) is 142 Å². The number of rotatable bonds is 4. The summed E-state index contributed by atoms with van der Waals surface area (Å²) in [7, 11) is 0. The van der Waals surface area contributed by atoms with E-state index < -0.39 is 0 Å². The van der Waals surface area contributed by atoms with Crippen molar-refractivity contribution < 1.29 is 0 Å². The van der Waals surface area contributed by atoms with Crippen molar-refractivity contribution >= 4 is 32.3 Å². The van der Waals surface area contributed by atoms with Gasteiger partial charge >= 0.3 is 0 Å². The second-order valence-corrected chi connectivity index (χ2v) is 15.7. The van der Waals surface area contributed by atoms with Crippen LogP contribution in [0.2, 0.25) is 0 Å². The molecule has 0 amide bonds. The van der Waals surface area contributed by atoms with E-state index in [0.29, 0.717) is 0 Å². The molecule has 1 aliphatic carbocycles. The van der Waals surface area contributed by atoms with Gasteiger partial charge in [0.2, 0.25) is 0 Å². The molecule has 0 aliphatic heterocycles. The highest BCUT2D eigenvalue weighted by Gasteiger charge is 2.20. The van der Waals surface area contributed by atoms with Crippen molar-refractivity contribution in [3.05, 3.63) is 168 Å². The average Bonchev–Trinajstić information content (AvgIpc) is 3.17. The van der Waals surface area contributed by atoms with Crippen molar-refractivity contribution in [1.29, 1.82) is 0 Å². The first-order valence-corrected chi connectivity index (χ1v) is 18.6. The highest BCUT2D eigenvalue weighted by molar-refractivity contribution is 6.25. The molecule has 0 heterocycles. The monoisotopic (exact) mass is 656 g/mol. The van der Waals surface area contributed by atoms with E-state index in [0.717, 1.165) is 12.8 Å². The van der Waals surface area contributed by atoms with Crippen LogP contribution >= 0.6 is 0 Å². The fraction of sp³-hybridized carbons (Fsp3) is 0.176. The largest absolute Gasteiger partial charge is 0.0622 e. The summed E-state index contributed by atoms with van der Waals surface area (Å²) < 4.78 is 0. The minimum Gasteiger partial charge on any atom is -0.0622 e. The van der Waals surface area contributed by atoms with Gasteiger partial charge in [-0.2, -0.15) is 0 Å². The lowest BCUT2D eigenvalue weighted by Gasteiger charge is -2.23. The molecule has 0 unspecified atom stereocenters. The van der Waals surface area contributed by atoms with Crippen LogP contribution in [0.15, 0.2) is 146 Å². The third-order valence-corrected chi connectivity index (χ3v) is 11.2. The van der Waals surface area contributed by atoms with Gasteiger partial charge < -0.3 is 0 Å². The summed E-state index contributed by atoms with van der Waals surface area (Å²) in [6.45, 7) is 9.12. The number of hydrogen-bond donors (Lipinski definition) is 0. The Bertz CT molecular complexity index is 2590. The molecule has 0 atom stereocenters. The molecule has 248 valence electrons. The molecule has 0 aromatic heterocycles. The van der Waals surface area contributed by atoms with E-state index in [-0.39, 0.29) is 5.41 Å². The predicted octanol–water partition coefficient (Wildman–Crippen LogP) is 14.3. The van der Waals surface area contributed by atoms with Gasteiger partial charge in [0.05, 0.1) is 0 Å². The predicted molar refractivity (Wildman–Crippen MR) is 221 cm³/mol. The van der Waals surface area contributed by atoms with Gasteiger partial charge in [-0.15, -0.1) is 0 Å². The molecule has 8 aromatic carbocycles. The Balaban J connectivity index is 1.14. The van der Waals surface area contributed by atoms with Crippen LogP contribution in [-0.4, -0.2) is 0 Å². The van der Waals surface area contributed by atoms with Crippen molar-refractivity contribution in [3.8, 4) is 44.5 Å². The summed E-state index contributed by atoms with van der Waals surface area (Å²) in [4.78, 5) is 0. The van der Waals surface area contributed by atoms with Crippen LogP contribution in [0.3, 0.4) is 0 Å². The molecule has 0 fully saturated rings. The van der Waals surface area contributed by atoms with Gasteiger partial charge in [0.1, 0.15) is 0 Å². The molecule has 0 heteroatoms. The van der Waals surface area contributed by atoms with E-state index in [4.69, 9.17) is 0 Å². The Morgan fingerprint density at radius 3 is 1.55 bits per heavy atom. The highest BCUT2D eigenvalue weighted by Crippen LogP contribution is 2.41. The SMILES string of the molecule is Cc1cc(-c2cccc(-c3ccc(-c4ccccc4)c4c3CCCC4)c2)cc(-c2ccc3c4ccc(C(C)(C)C)cc4c4ccccc4c3c2)c1. The van der Waals surface area contributed by atoms with Crippen LogP contribution in [0, 0.1) is 6.92 Å². The number of benzene rings is 8. The van der Waals surface area contributed by atoms with E-state index in [9.17, 15) is 0 Å². The zero-order chi connectivity index (χ0) is 34.7. The van der Waals surface area contributed by atoms with Gasteiger partial charge in [-0.25, -0.2) is 0 Å². The maximum absolute atomic E-state index is 2.42. The Morgan fingerprint density at radius 1 is 0.373 bits per heavy atom. The first kappa shape index (κ1) is 31.5. The Morgan fingerprint density at radius 2 is 0.882 bits per heavy atom. The maximum Gasteiger partial charge on any atom is -0.00928 e. The molecule has 0 nitrogen and oxygen atoms in total. The molecular weight excluding hydrogens is 613 g/mol. The molecule has 9 rings (SSSR count). The molecule has 0 saturated heterocycles. The summed E-state index contributed by atoms with van der Waals surface area (Å²) in [6.07, 6.45) is 4.83. The molecule has 1 aliphatic rings. The second kappa shape index (κ2) is 12.4. The lowest BCUT2D eigenvalue weighted by atomic mass is 9.81. The smallest absolute Gasteiger partial charge is 0.00928 e. The Kier molecular flexibility index (Phi) is 7.66. The van der Waals surface area contributed by atoms with Crippen molar-refractivity contribution in [2.75, 3.05) is 0 Å². The van der Waals surface area contributed by atoms with Gasteiger partial charge in [0.15, 0.2) is 0 Å². The van der Waals surface area contributed by atoms with Crippen LogP contribution in [0.4, 0.5) is 0 Å². The fourth-order valence-corrected chi connectivity index (χ4v) is 8.61. The first-order valence-electron chi connectivity index (χ1n) is 18.6. The summed E-state index contributed by atoms with van der Waals surface area (Å²) in [5, 5.41) is 7.93. The van der Waals surface area contributed by atoms with Gasteiger partial charge in [0, 0.05) is 0 Å². The van der Waals surface area contributed by atoms with Crippen molar-refractivity contribution in [1.82, 2.24) is 0 Å². The molecule has 0 radical (unpaired) electrons. The van der Waals surface area contributed by atoms with Crippen LogP contribution in [-0.2, 0) is 18.3 Å². The van der Waals surface area contributed by atoms with E-state index in [1.165, 1.54) is 106 Å². The van der Waals surface area contributed by atoms with Crippen LogP contribution in [0.1, 0.15) is 55.9 Å². The van der Waals surface area contributed by atoms with Crippen molar-refractivity contribution in [3.63, 3.8) is 0 Å². The Hall–Kier alpha value is -5.46. The van der Waals surface area contributed by atoms with Crippen molar-refractivity contribution in [2.24, 2.45) is 0 Å². The maximum atomic E-state index is 2.42. The quantitative estimate of drug-likeness (QED) is 0.165. The molecule has 0 bridgehead atoms. The average molecular weight is 657 g/mol. The fourth-order valence-electron chi connectivity index (χ4n) is 8.61. The molecule has 0 saturated carbocycles. The lowest BCUT2D eigenvalue weighted by molar-refractivity contribution is 0.591. The van der Waals surface area contributed by atoms with E-state index in [1.54, 1.807) is 5.56 Å². The minimum absolute atomic E-state index is 0.100. The summed E-state index contributed by atoms with van der Waals surface area (Å²) in [5.41, 5.74) is 16.3. The number of hydrogen-bond acceptors (Lipinski definition) is 0. The summed E-state index contributed by atoms with van der Waals surface area (Å²) in [5.74, 6) is 0. The van der Waals surface area contributed by atoms with E-state index >= 15 is 0 Å². The highest BCUT2D eigenvalue weighted by atomic mass is 14.2. The normalized spacial score (nSPS) is 13.2. The molecular formula is C51H44. The third kappa shape index (κ3) is 5.64.